The molecule has 0 aliphatic rings. The zero-order chi connectivity index (χ0) is 27.5. The molecule has 0 aliphatic heterocycles. The van der Waals surface area contributed by atoms with Crippen LogP contribution in [-0.4, -0.2) is 22.5 Å². The molecule has 0 fully saturated rings. The van der Waals surface area contributed by atoms with Gasteiger partial charge in [-0.2, -0.15) is 5.26 Å². The summed E-state index contributed by atoms with van der Waals surface area (Å²) in [6, 6.07) is 18.0. The number of fused-ring (bicyclic) bond motifs is 2. The molecule has 0 bridgehead atoms. The van der Waals surface area contributed by atoms with Crippen molar-refractivity contribution < 1.29 is 18.7 Å². The highest BCUT2D eigenvalue weighted by molar-refractivity contribution is 6.32. The molecule has 0 saturated carbocycles. The molecule has 3 aromatic carbocycles. The third kappa shape index (κ3) is 5.19. The molecule has 0 spiro atoms. The predicted octanol–water partition coefficient (Wildman–Crippen LogP) is 7.60. The predicted molar refractivity (Wildman–Crippen MR) is 150 cm³/mol. The van der Waals surface area contributed by atoms with E-state index in [9.17, 15) is 14.4 Å². The Labute approximate surface area is 227 Å². The third-order valence-corrected chi connectivity index (χ3v) is 6.16. The fourth-order valence-corrected chi connectivity index (χ4v) is 4.29. The Balaban J connectivity index is 1.52. The maximum Gasteiger partial charge on any atom is 0.283 e. The standard InChI is InChI=1S/C29H21ClFN5O3/c1-3-38-27-13-23-20(12-24(27)36-29(37)16(2)31)28(17(14-32)15-34-23)35-18-7-8-26(21(30)11-18)39-25-6-4-5-22-19(25)9-10-33-22/h4-13,15,33H,2-3H2,1H3,(H,34,35)(H,36,37). The maximum absolute atomic E-state index is 13.4. The molecular weight excluding hydrogens is 521 g/mol. The normalized spacial score (nSPS) is 10.7. The van der Waals surface area contributed by atoms with Crippen molar-refractivity contribution in [3.05, 3.63) is 90.0 Å². The van der Waals surface area contributed by atoms with Crippen LogP contribution < -0.4 is 20.1 Å². The summed E-state index contributed by atoms with van der Waals surface area (Å²) < 4.78 is 25.1. The molecule has 5 aromatic rings. The monoisotopic (exact) mass is 541 g/mol. The first kappa shape index (κ1) is 25.6. The highest BCUT2D eigenvalue weighted by Gasteiger charge is 2.17. The van der Waals surface area contributed by atoms with Gasteiger partial charge in [-0.3, -0.25) is 9.78 Å². The fraction of sp³-hybridized carbons (Fsp3) is 0.0690. The van der Waals surface area contributed by atoms with E-state index in [0.29, 0.717) is 51.2 Å². The van der Waals surface area contributed by atoms with Crippen LogP contribution in [-0.2, 0) is 4.79 Å². The molecule has 39 heavy (non-hydrogen) atoms. The average Bonchev–Trinajstić information content (AvgIpc) is 3.41. The summed E-state index contributed by atoms with van der Waals surface area (Å²) in [5.74, 6) is -0.756. The Bertz CT molecular complexity index is 1790. The number of ether oxygens (including phenoxy) is 2. The van der Waals surface area contributed by atoms with Gasteiger partial charge in [0, 0.05) is 40.4 Å². The first-order valence-corrected chi connectivity index (χ1v) is 12.2. The van der Waals surface area contributed by atoms with E-state index in [1.807, 2.05) is 30.5 Å². The Morgan fingerprint density at radius 1 is 1.15 bits per heavy atom. The van der Waals surface area contributed by atoms with Crippen molar-refractivity contribution in [2.24, 2.45) is 0 Å². The van der Waals surface area contributed by atoms with E-state index in [0.717, 1.165) is 10.9 Å². The largest absolute Gasteiger partial charge is 0.492 e. The van der Waals surface area contributed by atoms with Gasteiger partial charge in [0.05, 0.1) is 34.1 Å². The van der Waals surface area contributed by atoms with E-state index in [1.54, 1.807) is 37.3 Å². The van der Waals surface area contributed by atoms with Gasteiger partial charge in [0.2, 0.25) is 0 Å². The number of pyridine rings is 1. The van der Waals surface area contributed by atoms with Crippen molar-refractivity contribution in [1.82, 2.24) is 9.97 Å². The van der Waals surface area contributed by atoms with Crippen molar-refractivity contribution >= 4 is 56.4 Å². The van der Waals surface area contributed by atoms with Gasteiger partial charge in [-0.1, -0.05) is 24.2 Å². The quantitative estimate of drug-likeness (QED) is 0.174. The van der Waals surface area contributed by atoms with Crippen LogP contribution >= 0.6 is 11.6 Å². The topological polar surface area (TPSA) is 112 Å². The number of halogens is 2. The number of H-pyrrole nitrogens is 1. The lowest BCUT2D eigenvalue weighted by molar-refractivity contribution is -0.114. The Kier molecular flexibility index (Phi) is 7.04. The van der Waals surface area contributed by atoms with Crippen molar-refractivity contribution in [1.29, 1.82) is 5.26 Å². The fourth-order valence-electron chi connectivity index (χ4n) is 4.07. The first-order valence-electron chi connectivity index (χ1n) is 11.8. The van der Waals surface area contributed by atoms with Crippen LogP contribution in [0.1, 0.15) is 12.5 Å². The van der Waals surface area contributed by atoms with Crippen LogP contribution in [0, 0.1) is 11.3 Å². The Morgan fingerprint density at radius 2 is 2.00 bits per heavy atom. The number of aromatic nitrogens is 2. The molecule has 0 radical (unpaired) electrons. The molecule has 1 amide bonds. The van der Waals surface area contributed by atoms with Crippen LogP contribution in [0.5, 0.6) is 17.2 Å². The second-order valence-corrected chi connectivity index (χ2v) is 8.79. The zero-order valence-corrected chi connectivity index (χ0v) is 21.4. The Morgan fingerprint density at radius 3 is 2.74 bits per heavy atom. The molecule has 194 valence electrons. The lowest BCUT2D eigenvalue weighted by Gasteiger charge is -2.16. The second-order valence-electron chi connectivity index (χ2n) is 8.38. The van der Waals surface area contributed by atoms with E-state index in [1.165, 1.54) is 6.20 Å². The molecule has 0 saturated heterocycles. The molecular formula is C29H21ClFN5O3. The number of nitrogens with zero attached hydrogens (tertiary/aromatic N) is 2. The summed E-state index contributed by atoms with van der Waals surface area (Å²) >= 11 is 6.57. The molecule has 8 nitrogen and oxygen atoms in total. The SMILES string of the molecule is C=C(F)C(=O)Nc1cc2c(Nc3ccc(Oc4cccc5[nH]ccc45)c(Cl)c3)c(C#N)cnc2cc1OCC. The molecule has 0 unspecified atom stereocenters. The van der Waals surface area contributed by atoms with Gasteiger partial charge in [0.15, 0.2) is 5.83 Å². The number of aromatic amines is 1. The summed E-state index contributed by atoms with van der Waals surface area (Å²) in [4.78, 5) is 19.5. The van der Waals surface area contributed by atoms with Gasteiger partial charge in [-0.25, -0.2) is 4.39 Å². The minimum Gasteiger partial charge on any atom is -0.492 e. The molecule has 0 atom stereocenters. The van der Waals surface area contributed by atoms with Crippen molar-refractivity contribution in [2.45, 2.75) is 6.92 Å². The molecule has 10 heteroatoms. The zero-order valence-electron chi connectivity index (χ0n) is 20.6. The van der Waals surface area contributed by atoms with Gasteiger partial charge in [-0.05, 0) is 49.4 Å². The van der Waals surface area contributed by atoms with E-state index < -0.39 is 11.7 Å². The molecule has 3 N–H and O–H groups in total. The van der Waals surface area contributed by atoms with E-state index >= 15 is 0 Å². The van der Waals surface area contributed by atoms with Gasteiger partial charge >= 0.3 is 0 Å². The number of carbonyl (C=O) groups is 1. The molecule has 5 rings (SSSR count). The summed E-state index contributed by atoms with van der Waals surface area (Å²) in [6.07, 6.45) is 3.26. The van der Waals surface area contributed by atoms with Gasteiger partial charge in [-0.15, -0.1) is 0 Å². The smallest absolute Gasteiger partial charge is 0.283 e. The van der Waals surface area contributed by atoms with E-state index in [-0.39, 0.29) is 11.3 Å². The van der Waals surface area contributed by atoms with Gasteiger partial charge < -0.3 is 25.1 Å². The number of nitrogens with one attached hydrogen (secondary N) is 3. The van der Waals surface area contributed by atoms with Gasteiger partial charge in [0.1, 0.15) is 23.3 Å². The van der Waals surface area contributed by atoms with Crippen LogP contribution in [0.15, 0.2) is 79.4 Å². The van der Waals surface area contributed by atoms with Crippen LogP contribution in [0.2, 0.25) is 5.02 Å². The summed E-state index contributed by atoms with van der Waals surface area (Å²) in [5.41, 5.74) is 2.87. The minimum atomic E-state index is -1.15. The lowest BCUT2D eigenvalue weighted by Crippen LogP contribution is -2.12. The van der Waals surface area contributed by atoms with Crippen molar-refractivity contribution in [3.8, 4) is 23.3 Å². The number of hydrogen-bond donors (Lipinski definition) is 3. The van der Waals surface area contributed by atoms with Crippen LogP contribution in [0.4, 0.5) is 21.5 Å². The average molecular weight is 542 g/mol. The number of benzene rings is 3. The molecule has 0 aliphatic carbocycles. The lowest BCUT2D eigenvalue weighted by atomic mass is 10.1. The number of nitriles is 1. The number of hydrogen-bond acceptors (Lipinski definition) is 6. The summed E-state index contributed by atoms with van der Waals surface area (Å²) in [7, 11) is 0. The maximum atomic E-state index is 13.4. The highest BCUT2D eigenvalue weighted by Crippen LogP contribution is 2.39. The van der Waals surface area contributed by atoms with Crippen LogP contribution in [0.3, 0.4) is 0 Å². The third-order valence-electron chi connectivity index (χ3n) is 5.86. The van der Waals surface area contributed by atoms with E-state index in [4.69, 9.17) is 21.1 Å². The summed E-state index contributed by atoms with van der Waals surface area (Å²) in [6.45, 7) is 5.11. The first-order chi connectivity index (χ1) is 18.9. The highest BCUT2D eigenvalue weighted by atomic mass is 35.5. The van der Waals surface area contributed by atoms with Crippen molar-refractivity contribution in [2.75, 3.05) is 17.2 Å². The number of rotatable bonds is 8. The van der Waals surface area contributed by atoms with Gasteiger partial charge in [0.25, 0.3) is 5.91 Å². The number of anilines is 3. The van der Waals surface area contributed by atoms with E-state index in [2.05, 4.69) is 33.2 Å². The Hall–Kier alpha value is -5.07. The molecule has 2 aromatic heterocycles. The van der Waals surface area contributed by atoms with Crippen molar-refractivity contribution in [3.63, 3.8) is 0 Å². The second kappa shape index (κ2) is 10.7. The number of carbonyl (C=O) groups excluding carboxylic acids is 1. The minimum absolute atomic E-state index is 0.203. The summed E-state index contributed by atoms with van der Waals surface area (Å²) in [5, 5.41) is 17.2. The number of amides is 1. The van der Waals surface area contributed by atoms with Crippen LogP contribution in [0.25, 0.3) is 21.8 Å². The molecule has 2 heterocycles.